The third-order valence-corrected chi connectivity index (χ3v) is 14.0. The van der Waals surface area contributed by atoms with Gasteiger partial charge < -0.3 is 18.4 Å². The number of hydrogen-bond acceptors (Lipinski definition) is 4. The van der Waals surface area contributed by atoms with E-state index in [2.05, 4.69) is 123 Å². The quantitative estimate of drug-likeness (QED) is 0.166. The minimum absolute atomic E-state index is 0. The molecule has 0 N–H and O–H groups in total. The minimum Gasteiger partial charge on any atom is -0.422 e. The zero-order chi connectivity index (χ0) is 35.2. The molecule has 4 aromatic heterocycles. The number of fused-ring (bicyclic) bond motifs is 4. The van der Waals surface area contributed by atoms with Crippen LogP contribution in [0.1, 0.15) is 179 Å². The predicted octanol–water partition coefficient (Wildman–Crippen LogP) is 10.5. The maximum atomic E-state index is 5.10. The van der Waals surface area contributed by atoms with E-state index < -0.39 is 12.8 Å². The molecular formula is C40H64B2Cu2N8. The van der Waals surface area contributed by atoms with Gasteiger partial charge in [-0.15, -0.1) is 23.3 Å². The molecule has 4 fully saturated rings. The first kappa shape index (κ1) is 41.2. The van der Waals surface area contributed by atoms with Gasteiger partial charge in [0.1, 0.15) is 0 Å². The molecule has 0 aliphatic carbocycles. The first-order valence-corrected chi connectivity index (χ1v) is 20.6. The van der Waals surface area contributed by atoms with Crippen LogP contribution in [0.15, 0.2) is 49.1 Å². The standard InChI is InChI=1S/2C20H32BN4.2Cu/c2*1-15(2)19-11-13-24(22-19)21(25-14-12-20(23-25)16(3)4)17-7-5-8-18(21)10-6-9-17;;/h2*11-18H,5-10H2,1-4H3;;/q2*-1;2*+1. The zero-order valence-corrected chi connectivity index (χ0v) is 34.9. The van der Waals surface area contributed by atoms with Crippen LogP contribution in [0.3, 0.4) is 0 Å². The van der Waals surface area contributed by atoms with Crippen molar-refractivity contribution < 1.29 is 34.1 Å². The number of nitrogens with zero attached hydrogens (tertiary/aromatic N) is 8. The average molecular weight is 806 g/mol. The third kappa shape index (κ3) is 7.13. The molecule has 8 heterocycles. The topological polar surface area (TPSA) is 71.3 Å². The largest absolute Gasteiger partial charge is 1.00 e. The van der Waals surface area contributed by atoms with Crippen molar-refractivity contribution in [2.24, 2.45) is 0 Å². The Bertz CT molecular complexity index is 1460. The Morgan fingerprint density at radius 3 is 0.750 bits per heavy atom. The van der Waals surface area contributed by atoms with E-state index in [1.165, 1.54) is 99.8 Å². The molecule has 4 bridgehead atoms. The zero-order valence-electron chi connectivity index (χ0n) is 33.1. The monoisotopic (exact) mass is 804 g/mol. The first-order valence-electron chi connectivity index (χ1n) is 20.6. The van der Waals surface area contributed by atoms with E-state index in [1.807, 2.05) is 0 Å². The van der Waals surface area contributed by atoms with Gasteiger partial charge in [-0.1, -0.05) is 132 Å². The van der Waals surface area contributed by atoms with Crippen molar-refractivity contribution in [1.82, 2.24) is 38.8 Å². The summed E-state index contributed by atoms with van der Waals surface area (Å²) in [4.78, 5) is 0. The van der Waals surface area contributed by atoms with Crippen molar-refractivity contribution in [2.45, 2.75) is 179 Å². The van der Waals surface area contributed by atoms with Gasteiger partial charge in [-0.05, 0) is 72.7 Å². The van der Waals surface area contributed by atoms with Gasteiger partial charge in [0.05, 0.1) is 22.8 Å². The summed E-state index contributed by atoms with van der Waals surface area (Å²) in [6.07, 6.45) is 23.2. The van der Waals surface area contributed by atoms with Crippen LogP contribution in [0.2, 0.25) is 23.3 Å². The molecule has 8 rings (SSSR count). The summed E-state index contributed by atoms with van der Waals surface area (Å²) in [5.41, 5.74) is 4.84. The molecule has 292 valence electrons. The summed E-state index contributed by atoms with van der Waals surface area (Å²) in [7, 11) is 0. The fourth-order valence-corrected chi connectivity index (χ4v) is 11.4. The molecule has 0 saturated carbocycles. The third-order valence-electron chi connectivity index (χ3n) is 14.0. The second-order valence-corrected chi connectivity index (χ2v) is 18.1. The predicted molar refractivity (Wildman–Crippen MR) is 209 cm³/mol. The smallest absolute Gasteiger partial charge is 0.422 e. The summed E-state index contributed by atoms with van der Waals surface area (Å²) >= 11 is 0. The minimum atomic E-state index is -0.964. The van der Waals surface area contributed by atoms with Crippen molar-refractivity contribution in [2.75, 3.05) is 0 Å². The summed E-state index contributed by atoms with van der Waals surface area (Å²) in [6.45, 7) is 17.9. The van der Waals surface area contributed by atoms with Crippen LogP contribution >= 0.6 is 0 Å². The Labute approximate surface area is 335 Å². The van der Waals surface area contributed by atoms with Gasteiger partial charge in [-0.25, -0.2) is 20.4 Å². The molecule has 8 nitrogen and oxygen atoms in total. The molecule has 12 heteroatoms. The van der Waals surface area contributed by atoms with Crippen molar-refractivity contribution in [3.63, 3.8) is 0 Å². The molecule has 0 spiro atoms. The molecule has 0 amide bonds. The van der Waals surface area contributed by atoms with Crippen LogP contribution < -0.4 is 0 Å². The summed E-state index contributed by atoms with van der Waals surface area (Å²) < 4.78 is 9.44. The summed E-state index contributed by atoms with van der Waals surface area (Å²) in [5, 5.41) is 20.4. The van der Waals surface area contributed by atoms with Gasteiger partial charge >= 0.3 is 34.1 Å². The van der Waals surface area contributed by atoms with Gasteiger partial charge in [-0.3, -0.25) is 0 Å². The van der Waals surface area contributed by atoms with Crippen LogP contribution in [0.5, 0.6) is 0 Å². The normalized spacial score (nSPS) is 24.7. The molecular weight excluding hydrogens is 741 g/mol. The Hall–Kier alpha value is -1.99. The van der Waals surface area contributed by atoms with E-state index in [0.717, 1.165) is 0 Å². The van der Waals surface area contributed by atoms with E-state index in [4.69, 9.17) is 20.4 Å². The molecule has 0 aromatic carbocycles. The van der Waals surface area contributed by atoms with E-state index >= 15 is 0 Å². The Kier molecular flexibility index (Phi) is 13.3. The van der Waals surface area contributed by atoms with Crippen LogP contribution in [-0.4, -0.2) is 51.6 Å². The van der Waals surface area contributed by atoms with Gasteiger partial charge in [0.15, 0.2) is 0 Å². The Balaban J connectivity index is 0.000000194. The van der Waals surface area contributed by atoms with Crippen molar-refractivity contribution >= 4 is 12.8 Å². The Morgan fingerprint density at radius 1 is 0.404 bits per heavy atom. The summed E-state index contributed by atoms with van der Waals surface area (Å²) in [5.74, 6) is 4.70. The molecule has 4 saturated heterocycles. The molecule has 0 atom stereocenters. The fraction of sp³-hybridized carbons (Fsp3) is 0.700. The van der Waals surface area contributed by atoms with Gasteiger partial charge in [0, 0.05) is 0 Å². The molecule has 4 aliphatic heterocycles. The van der Waals surface area contributed by atoms with Crippen LogP contribution in [0.4, 0.5) is 0 Å². The first-order chi connectivity index (χ1) is 24.1. The number of hydrogen-bond donors (Lipinski definition) is 0. The second-order valence-electron chi connectivity index (χ2n) is 18.1. The van der Waals surface area contributed by atoms with Crippen LogP contribution in [-0.2, 0) is 34.1 Å². The molecule has 4 aromatic rings. The van der Waals surface area contributed by atoms with Gasteiger partial charge in [0.25, 0.3) is 0 Å². The van der Waals surface area contributed by atoms with Crippen molar-refractivity contribution in [3.8, 4) is 0 Å². The maximum absolute atomic E-state index is 5.10. The summed E-state index contributed by atoms with van der Waals surface area (Å²) in [6, 6.07) is 8.91. The Morgan fingerprint density at radius 2 is 0.596 bits per heavy atom. The second kappa shape index (κ2) is 16.8. The average Bonchev–Trinajstić information content (AvgIpc) is 3.90. The molecule has 0 radical (unpaired) electrons. The van der Waals surface area contributed by atoms with Crippen LogP contribution in [0, 0.1) is 0 Å². The van der Waals surface area contributed by atoms with Crippen LogP contribution in [0.25, 0.3) is 0 Å². The maximum Gasteiger partial charge on any atom is 1.00 e. The molecule has 0 unspecified atom stereocenters. The fourth-order valence-electron chi connectivity index (χ4n) is 11.4. The van der Waals surface area contributed by atoms with Gasteiger partial charge in [0.2, 0.25) is 12.8 Å². The molecule has 52 heavy (non-hydrogen) atoms. The van der Waals surface area contributed by atoms with E-state index in [9.17, 15) is 0 Å². The van der Waals surface area contributed by atoms with Gasteiger partial charge in [-0.2, -0.15) is 0 Å². The number of aromatic nitrogens is 8. The number of rotatable bonds is 8. The van der Waals surface area contributed by atoms with E-state index in [0.29, 0.717) is 46.9 Å². The van der Waals surface area contributed by atoms with E-state index in [-0.39, 0.29) is 34.1 Å². The molecule has 4 aliphatic rings. The van der Waals surface area contributed by atoms with Crippen molar-refractivity contribution in [3.05, 3.63) is 71.8 Å². The van der Waals surface area contributed by atoms with E-state index in [1.54, 1.807) is 0 Å². The van der Waals surface area contributed by atoms with Crippen molar-refractivity contribution in [1.29, 1.82) is 0 Å². The SMILES string of the molecule is CC(C)c1ccn([B-]2(n3ccc(C(C)C)n3)C3CCCC2CCC3)n1.CC(C)c1ccn([B-]2(n3ccc(C(C)C)n3)C3CCCC2CCC3)n1.[Cu+].[Cu+].